The fourth-order valence-corrected chi connectivity index (χ4v) is 2.35. The molecule has 0 fully saturated rings. The van der Waals surface area contributed by atoms with Crippen LogP contribution >= 0.6 is 11.3 Å². The average Bonchev–Trinajstić information content (AvgIpc) is 2.98. The number of halogens is 1. The molecule has 3 nitrogen and oxygen atoms in total. The third kappa shape index (κ3) is 3.64. The Labute approximate surface area is 145 Å². The Hall–Kier alpha value is -0.798. The summed E-state index contributed by atoms with van der Waals surface area (Å²) in [6.07, 6.45) is 1.65. The summed E-state index contributed by atoms with van der Waals surface area (Å²) < 4.78 is 5.22. The standard InChI is InChI=1S/C14H11N2OS.BrH.Pd/c1-9-15-13(7-17-9)11-4-3-5-12(6-11)14-8-18-10(2)16-14;;/h3-5,7-8H,1-2H3;1H;/q-1;;+2/p-1. The Kier molecular flexibility index (Phi) is 6.28. The van der Waals surface area contributed by atoms with Crippen molar-refractivity contribution < 1.29 is 41.8 Å². The van der Waals surface area contributed by atoms with Gasteiger partial charge in [-0.2, -0.15) is 0 Å². The maximum atomic E-state index is 5.22. The normalized spacial score (nSPS) is 9.70. The second kappa shape index (κ2) is 7.28. The first kappa shape index (κ1) is 17.3. The molecule has 0 amide bonds. The zero-order valence-electron chi connectivity index (χ0n) is 10.8. The van der Waals surface area contributed by atoms with Gasteiger partial charge >= 0.3 is 20.4 Å². The van der Waals surface area contributed by atoms with Gasteiger partial charge in [0.15, 0.2) is 5.89 Å². The van der Waals surface area contributed by atoms with Crippen LogP contribution in [0, 0.1) is 19.9 Å². The SMILES string of the molecule is Cc1nc(-c2[c-]c(-c3csc(C)n3)ccc2)co1.[Br-].[Pd+2]. The van der Waals surface area contributed by atoms with Crippen LogP contribution in [-0.2, 0) is 20.4 Å². The number of thiazole rings is 1. The second-order valence-corrected chi connectivity index (χ2v) is 5.04. The van der Waals surface area contributed by atoms with Gasteiger partial charge < -0.3 is 21.4 Å². The summed E-state index contributed by atoms with van der Waals surface area (Å²) in [6, 6.07) is 9.29. The van der Waals surface area contributed by atoms with Gasteiger partial charge in [0.2, 0.25) is 0 Å². The van der Waals surface area contributed by atoms with E-state index in [2.05, 4.69) is 16.0 Å². The van der Waals surface area contributed by atoms with Crippen molar-refractivity contribution in [2.24, 2.45) is 0 Å². The third-order valence-corrected chi connectivity index (χ3v) is 3.36. The molecule has 2 aromatic heterocycles. The molecule has 0 saturated heterocycles. The number of nitrogens with zero attached hydrogens (tertiary/aromatic N) is 2. The van der Waals surface area contributed by atoms with Crippen molar-refractivity contribution in [3.8, 4) is 22.5 Å². The Morgan fingerprint density at radius 3 is 2.35 bits per heavy atom. The van der Waals surface area contributed by atoms with Crippen molar-refractivity contribution >= 4 is 11.3 Å². The Morgan fingerprint density at radius 2 is 1.80 bits per heavy atom. The van der Waals surface area contributed by atoms with Crippen LogP contribution in [0.15, 0.2) is 34.3 Å². The van der Waals surface area contributed by atoms with Crippen LogP contribution in [0.1, 0.15) is 10.9 Å². The molecular formula is C14H11BrN2OPdS. The van der Waals surface area contributed by atoms with Gasteiger partial charge in [0.1, 0.15) is 0 Å². The van der Waals surface area contributed by atoms with Gasteiger partial charge in [-0.25, -0.2) is 0 Å². The van der Waals surface area contributed by atoms with Crippen LogP contribution in [0.2, 0.25) is 0 Å². The Balaban J connectivity index is 0.000001000. The smallest absolute Gasteiger partial charge is 1.00 e. The van der Waals surface area contributed by atoms with Gasteiger partial charge in [0.05, 0.1) is 11.3 Å². The Bertz CT molecular complexity index is 640. The first-order valence-electron chi connectivity index (χ1n) is 5.60. The van der Waals surface area contributed by atoms with E-state index in [1.54, 1.807) is 17.6 Å². The molecule has 0 aliphatic heterocycles. The molecule has 0 spiro atoms. The zero-order valence-corrected chi connectivity index (χ0v) is 14.7. The minimum atomic E-state index is 0. The number of hydrogen-bond acceptors (Lipinski definition) is 4. The predicted molar refractivity (Wildman–Crippen MR) is 71.4 cm³/mol. The molecule has 0 atom stereocenters. The number of aryl methyl sites for hydroxylation is 2. The summed E-state index contributed by atoms with van der Waals surface area (Å²) in [4.78, 5) is 8.77. The van der Waals surface area contributed by atoms with E-state index in [0.29, 0.717) is 5.89 Å². The van der Waals surface area contributed by atoms with Crippen molar-refractivity contribution in [1.82, 2.24) is 9.97 Å². The number of rotatable bonds is 2. The topological polar surface area (TPSA) is 38.9 Å². The number of aromatic nitrogens is 2. The minimum Gasteiger partial charge on any atom is -1.00 e. The van der Waals surface area contributed by atoms with Crippen molar-refractivity contribution in [3.05, 3.63) is 46.8 Å². The summed E-state index contributed by atoms with van der Waals surface area (Å²) in [7, 11) is 0. The Morgan fingerprint density at radius 1 is 1.10 bits per heavy atom. The van der Waals surface area contributed by atoms with Gasteiger partial charge in [0, 0.05) is 18.3 Å². The monoisotopic (exact) mass is 440 g/mol. The van der Waals surface area contributed by atoms with Gasteiger partial charge in [-0.1, -0.05) is 11.1 Å². The predicted octanol–water partition coefficient (Wildman–Crippen LogP) is 0.884. The molecule has 3 aromatic rings. The second-order valence-electron chi connectivity index (χ2n) is 3.98. The van der Waals surface area contributed by atoms with Gasteiger partial charge in [-0.05, 0) is 12.3 Å². The maximum Gasteiger partial charge on any atom is 2.00 e. The molecule has 20 heavy (non-hydrogen) atoms. The van der Waals surface area contributed by atoms with E-state index in [0.717, 1.165) is 27.5 Å². The summed E-state index contributed by atoms with van der Waals surface area (Å²) in [5, 5.41) is 3.10. The molecule has 106 valence electrons. The minimum absolute atomic E-state index is 0. The van der Waals surface area contributed by atoms with Crippen molar-refractivity contribution in [3.63, 3.8) is 0 Å². The summed E-state index contributed by atoms with van der Waals surface area (Å²) in [6.45, 7) is 3.83. The quantitative estimate of drug-likeness (QED) is 0.438. The van der Waals surface area contributed by atoms with Crippen molar-refractivity contribution in [1.29, 1.82) is 0 Å². The first-order valence-corrected chi connectivity index (χ1v) is 6.48. The zero-order chi connectivity index (χ0) is 12.5. The molecule has 0 aliphatic rings. The van der Waals surface area contributed by atoms with Gasteiger partial charge in [-0.3, -0.25) is 9.97 Å². The van der Waals surface area contributed by atoms with E-state index in [1.807, 2.05) is 37.4 Å². The first-order chi connectivity index (χ1) is 8.72. The molecule has 0 saturated carbocycles. The molecule has 0 bridgehead atoms. The number of benzene rings is 1. The van der Waals surface area contributed by atoms with Crippen LogP contribution < -0.4 is 17.0 Å². The average molecular weight is 442 g/mol. The van der Waals surface area contributed by atoms with Crippen molar-refractivity contribution in [2.45, 2.75) is 13.8 Å². The molecule has 0 unspecified atom stereocenters. The summed E-state index contributed by atoms with van der Waals surface area (Å²) in [5.41, 5.74) is 3.67. The van der Waals surface area contributed by atoms with Gasteiger partial charge in [-0.15, -0.1) is 35.6 Å². The van der Waals surface area contributed by atoms with Crippen LogP contribution in [0.4, 0.5) is 0 Å². The van der Waals surface area contributed by atoms with Crippen LogP contribution in [0.25, 0.3) is 22.5 Å². The molecule has 0 aliphatic carbocycles. The molecule has 2 heterocycles. The van der Waals surface area contributed by atoms with E-state index < -0.39 is 0 Å². The fraction of sp³-hybridized carbons (Fsp3) is 0.143. The summed E-state index contributed by atoms with van der Waals surface area (Å²) in [5.74, 6) is 0.660. The molecule has 6 heteroatoms. The molecule has 0 radical (unpaired) electrons. The van der Waals surface area contributed by atoms with E-state index >= 15 is 0 Å². The molecule has 3 rings (SSSR count). The van der Waals surface area contributed by atoms with Crippen LogP contribution in [0.3, 0.4) is 0 Å². The summed E-state index contributed by atoms with van der Waals surface area (Å²) >= 11 is 1.64. The molecule has 0 N–H and O–H groups in total. The number of hydrogen-bond donors (Lipinski definition) is 0. The van der Waals surface area contributed by atoms with E-state index in [4.69, 9.17) is 4.42 Å². The van der Waals surface area contributed by atoms with E-state index in [-0.39, 0.29) is 37.4 Å². The van der Waals surface area contributed by atoms with Crippen molar-refractivity contribution in [2.75, 3.05) is 0 Å². The van der Waals surface area contributed by atoms with Gasteiger partial charge in [0.25, 0.3) is 0 Å². The number of oxazole rings is 1. The van der Waals surface area contributed by atoms with E-state index in [9.17, 15) is 0 Å². The molecular weight excluding hydrogens is 431 g/mol. The molecule has 1 aromatic carbocycles. The van der Waals surface area contributed by atoms with Crippen LogP contribution in [-0.4, -0.2) is 9.97 Å². The maximum absolute atomic E-state index is 5.22. The fourth-order valence-electron chi connectivity index (χ4n) is 1.74. The largest absolute Gasteiger partial charge is 2.00 e. The van der Waals surface area contributed by atoms with E-state index in [1.165, 1.54) is 0 Å². The third-order valence-electron chi connectivity index (χ3n) is 2.59. The van der Waals surface area contributed by atoms with Crippen LogP contribution in [0.5, 0.6) is 0 Å².